The van der Waals surface area contributed by atoms with Gasteiger partial charge in [-0.3, -0.25) is 9.58 Å². The van der Waals surface area contributed by atoms with E-state index in [0.29, 0.717) is 18.6 Å². The Morgan fingerprint density at radius 3 is 2.65 bits per heavy atom. The maximum absolute atomic E-state index is 12.8. The molecule has 0 aromatic carbocycles. The number of carbonyl (C=O) groups excluding carboxylic acids is 1. The van der Waals surface area contributed by atoms with Gasteiger partial charge in [0.05, 0.1) is 24.0 Å². The number of likely N-dealkylation sites (tertiary alicyclic amines) is 1. The lowest BCUT2D eigenvalue weighted by Gasteiger charge is -2.41. The SMILES string of the molecule is Cn1ncc(C(F)(F)F)c1CNC(=O)NCC1CCN1C1CC1. The van der Waals surface area contributed by atoms with Gasteiger partial charge in [-0.05, 0) is 19.3 Å². The van der Waals surface area contributed by atoms with E-state index in [1.54, 1.807) is 0 Å². The number of nitrogens with one attached hydrogen (secondary N) is 2. The van der Waals surface area contributed by atoms with E-state index in [1.165, 1.54) is 19.9 Å². The number of aryl methyl sites for hydroxylation is 1. The van der Waals surface area contributed by atoms with Crippen LogP contribution in [0.1, 0.15) is 30.5 Å². The molecule has 23 heavy (non-hydrogen) atoms. The second kappa shape index (κ2) is 6.03. The molecule has 3 rings (SSSR count). The molecule has 0 radical (unpaired) electrons. The predicted octanol–water partition coefficient (Wildman–Crippen LogP) is 1.47. The van der Waals surface area contributed by atoms with Gasteiger partial charge in [0, 0.05) is 32.2 Å². The summed E-state index contributed by atoms with van der Waals surface area (Å²) in [7, 11) is 1.42. The van der Waals surface area contributed by atoms with Crippen molar-refractivity contribution in [1.29, 1.82) is 0 Å². The number of amides is 2. The molecule has 1 aliphatic heterocycles. The Balaban J connectivity index is 1.47. The fourth-order valence-corrected chi connectivity index (χ4v) is 2.91. The van der Waals surface area contributed by atoms with Crippen LogP contribution in [-0.2, 0) is 19.8 Å². The molecule has 2 aliphatic rings. The molecule has 2 N–H and O–H groups in total. The van der Waals surface area contributed by atoms with Crippen molar-refractivity contribution in [3.63, 3.8) is 0 Å². The second-order valence-corrected chi connectivity index (χ2v) is 6.10. The normalized spacial score (nSPS) is 21.8. The van der Waals surface area contributed by atoms with Gasteiger partial charge in [0.2, 0.25) is 0 Å². The molecule has 6 nitrogen and oxygen atoms in total. The van der Waals surface area contributed by atoms with Crippen LogP contribution in [-0.4, -0.2) is 45.9 Å². The average Bonchev–Trinajstić information content (AvgIpc) is 3.16. The molecule has 1 aromatic rings. The molecule has 9 heteroatoms. The third-order valence-electron chi connectivity index (χ3n) is 4.49. The molecular formula is C14H20F3N5O. The lowest BCUT2D eigenvalue weighted by atomic mass is 10.0. The van der Waals surface area contributed by atoms with Crippen LogP contribution in [0.5, 0.6) is 0 Å². The van der Waals surface area contributed by atoms with Crippen molar-refractivity contribution in [3.05, 3.63) is 17.5 Å². The summed E-state index contributed by atoms with van der Waals surface area (Å²) in [4.78, 5) is 14.2. The molecule has 128 valence electrons. The van der Waals surface area contributed by atoms with Crippen LogP contribution < -0.4 is 10.6 Å². The Morgan fingerprint density at radius 1 is 1.35 bits per heavy atom. The maximum atomic E-state index is 12.8. The van der Waals surface area contributed by atoms with Crippen LogP contribution in [0.25, 0.3) is 0 Å². The molecule has 0 spiro atoms. The van der Waals surface area contributed by atoms with Crippen LogP contribution in [0.2, 0.25) is 0 Å². The number of aromatic nitrogens is 2. The van der Waals surface area contributed by atoms with Crippen molar-refractivity contribution >= 4 is 6.03 Å². The largest absolute Gasteiger partial charge is 0.419 e. The van der Waals surface area contributed by atoms with Crippen molar-refractivity contribution in [2.45, 2.75) is 44.1 Å². The number of hydrogen-bond donors (Lipinski definition) is 2. The minimum Gasteiger partial charge on any atom is -0.337 e. The van der Waals surface area contributed by atoms with Gasteiger partial charge in [0.25, 0.3) is 0 Å². The van der Waals surface area contributed by atoms with E-state index in [0.717, 1.165) is 23.8 Å². The molecule has 1 aliphatic carbocycles. The highest BCUT2D eigenvalue weighted by molar-refractivity contribution is 5.73. The summed E-state index contributed by atoms with van der Waals surface area (Å²) in [5.41, 5.74) is -0.880. The van der Waals surface area contributed by atoms with E-state index in [1.807, 2.05) is 0 Å². The molecule has 1 saturated heterocycles. The van der Waals surface area contributed by atoms with Crippen molar-refractivity contribution in [1.82, 2.24) is 25.3 Å². The van der Waals surface area contributed by atoms with Gasteiger partial charge in [-0.2, -0.15) is 18.3 Å². The lowest BCUT2D eigenvalue weighted by Crippen LogP contribution is -2.55. The lowest BCUT2D eigenvalue weighted by molar-refractivity contribution is -0.138. The summed E-state index contributed by atoms with van der Waals surface area (Å²) < 4.78 is 39.6. The van der Waals surface area contributed by atoms with Crippen LogP contribution in [0.15, 0.2) is 6.20 Å². The van der Waals surface area contributed by atoms with Gasteiger partial charge in [0.1, 0.15) is 0 Å². The van der Waals surface area contributed by atoms with Gasteiger partial charge in [-0.15, -0.1) is 0 Å². The van der Waals surface area contributed by atoms with Gasteiger partial charge in [0.15, 0.2) is 0 Å². The highest BCUT2D eigenvalue weighted by Gasteiger charge is 2.39. The summed E-state index contributed by atoms with van der Waals surface area (Å²) in [5.74, 6) is 0. The topological polar surface area (TPSA) is 62.2 Å². The molecule has 0 bridgehead atoms. The van der Waals surface area contributed by atoms with Gasteiger partial charge >= 0.3 is 12.2 Å². The van der Waals surface area contributed by atoms with Crippen LogP contribution in [0.3, 0.4) is 0 Å². The fraction of sp³-hybridized carbons (Fsp3) is 0.714. The second-order valence-electron chi connectivity index (χ2n) is 6.10. The first-order chi connectivity index (χ1) is 10.9. The minimum atomic E-state index is -4.47. The molecule has 1 aromatic heterocycles. The van der Waals surface area contributed by atoms with Gasteiger partial charge < -0.3 is 10.6 Å². The summed E-state index contributed by atoms with van der Waals surface area (Å²) in [6, 6.07) is 0.569. The summed E-state index contributed by atoms with van der Waals surface area (Å²) in [6.45, 7) is 1.39. The van der Waals surface area contributed by atoms with E-state index in [-0.39, 0.29) is 12.2 Å². The number of carbonyl (C=O) groups is 1. The van der Waals surface area contributed by atoms with E-state index in [9.17, 15) is 18.0 Å². The number of rotatable bonds is 5. The minimum absolute atomic E-state index is 0.0594. The van der Waals surface area contributed by atoms with Crippen LogP contribution in [0.4, 0.5) is 18.0 Å². The van der Waals surface area contributed by atoms with Crippen LogP contribution >= 0.6 is 0 Å². The highest BCUT2D eigenvalue weighted by atomic mass is 19.4. The average molecular weight is 331 g/mol. The molecule has 2 heterocycles. The first-order valence-corrected chi connectivity index (χ1v) is 7.72. The van der Waals surface area contributed by atoms with E-state index in [2.05, 4.69) is 20.6 Å². The number of nitrogens with zero attached hydrogens (tertiary/aromatic N) is 3. The number of urea groups is 1. The Bertz CT molecular complexity index is 581. The van der Waals surface area contributed by atoms with Crippen molar-refractivity contribution in [3.8, 4) is 0 Å². The Hall–Kier alpha value is -1.77. The van der Waals surface area contributed by atoms with Gasteiger partial charge in [-0.1, -0.05) is 0 Å². The summed E-state index contributed by atoms with van der Waals surface area (Å²) >= 11 is 0. The van der Waals surface area contributed by atoms with Crippen LogP contribution in [0, 0.1) is 0 Å². The van der Waals surface area contributed by atoms with Crippen molar-refractivity contribution in [2.24, 2.45) is 7.05 Å². The quantitative estimate of drug-likeness (QED) is 0.859. The Kier molecular flexibility index (Phi) is 4.22. The molecule has 1 atom stereocenters. The van der Waals surface area contributed by atoms with E-state index < -0.39 is 17.8 Å². The summed E-state index contributed by atoms with van der Waals surface area (Å²) in [6.07, 6.45) is -0.196. The third kappa shape index (κ3) is 3.60. The molecular weight excluding hydrogens is 311 g/mol. The zero-order chi connectivity index (χ0) is 16.6. The number of hydrogen-bond acceptors (Lipinski definition) is 3. The monoisotopic (exact) mass is 331 g/mol. The first-order valence-electron chi connectivity index (χ1n) is 7.72. The summed E-state index contributed by atoms with van der Waals surface area (Å²) in [5, 5.41) is 8.82. The molecule has 1 saturated carbocycles. The Morgan fingerprint density at radius 2 is 2.09 bits per heavy atom. The smallest absolute Gasteiger partial charge is 0.337 e. The van der Waals surface area contributed by atoms with E-state index in [4.69, 9.17) is 0 Å². The van der Waals surface area contributed by atoms with Gasteiger partial charge in [-0.25, -0.2) is 4.79 Å². The van der Waals surface area contributed by atoms with E-state index >= 15 is 0 Å². The zero-order valence-electron chi connectivity index (χ0n) is 12.9. The third-order valence-corrected chi connectivity index (χ3v) is 4.49. The predicted molar refractivity (Wildman–Crippen MR) is 76.6 cm³/mol. The first kappa shape index (κ1) is 16.1. The van der Waals surface area contributed by atoms with Crippen molar-refractivity contribution in [2.75, 3.05) is 13.1 Å². The Labute approximate surface area is 132 Å². The number of halogens is 3. The molecule has 2 amide bonds. The van der Waals surface area contributed by atoms with Crippen molar-refractivity contribution < 1.29 is 18.0 Å². The maximum Gasteiger partial charge on any atom is 0.419 e. The highest BCUT2D eigenvalue weighted by Crippen LogP contribution is 2.34. The standard InChI is InChI=1S/C14H20F3N5O/c1-21-12(11(7-20-21)14(15,16)17)8-19-13(23)18-6-10-4-5-22(10)9-2-3-9/h7,9-10H,2-6,8H2,1H3,(H2,18,19,23). The zero-order valence-corrected chi connectivity index (χ0v) is 12.9. The molecule has 1 unspecified atom stereocenters. The molecule has 2 fully saturated rings. The fourth-order valence-electron chi connectivity index (χ4n) is 2.91. The number of alkyl halides is 3.